The largest absolute Gasteiger partial charge is 0.346 e. The number of ketones is 3. The van der Waals surface area contributed by atoms with Gasteiger partial charge >= 0.3 is 0 Å². The number of hydrogen-bond donors (Lipinski definition) is 2. The minimum atomic E-state index is -0.798. The normalized spacial score (nSPS) is 17.9. The van der Waals surface area contributed by atoms with Crippen molar-refractivity contribution in [3.8, 4) is 0 Å². The zero-order valence-corrected chi connectivity index (χ0v) is 32.3. The second kappa shape index (κ2) is 20.0. The standard InChI is InChI=1S/C44H63N3O5/c1-31(2)25-38(45-42(51)35(20-19-33-15-9-6-10-16-33)28-37(48)30-47-23-13-8-14-24-47)40(49)29-36(27-34-17-11-7-12-18-34)43(52)46-39(26-32(3)4)41(50)44(5)21-22-44/h6-7,9-12,15-18,31-32,35-36,38-39H,8,13-14,19-30H2,1-5H3,(H,45,51)(H,46,52)/t35-,36?,38+,39?/m1/s1. The molecule has 0 spiro atoms. The van der Waals surface area contributed by atoms with E-state index in [9.17, 15) is 24.0 Å². The fraction of sp³-hybridized carbons (Fsp3) is 0.614. The van der Waals surface area contributed by atoms with Gasteiger partial charge in [0.1, 0.15) is 5.78 Å². The smallest absolute Gasteiger partial charge is 0.224 e. The molecule has 0 aromatic heterocycles. The molecule has 2 aliphatic rings. The number of rotatable bonds is 22. The van der Waals surface area contributed by atoms with Gasteiger partial charge in [-0.3, -0.25) is 28.9 Å². The van der Waals surface area contributed by atoms with Crippen LogP contribution in [0, 0.1) is 29.1 Å². The first-order valence-corrected chi connectivity index (χ1v) is 19.8. The maximum absolute atomic E-state index is 14.2. The Morgan fingerprint density at radius 2 is 1.23 bits per heavy atom. The van der Waals surface area contributed by atoms with Gasteiger partial charge in [-0.05, 0) is 93.8 Å². The number of carbonyl (C=O) groups excluding carboxylic acids is 5. The van der Waals surface area contributed by atoms with E-state index < -0.39 is 29.3 Å². The Labute approximate surface area is 312 Å². The lowest BCUT2D eigenvalue weighted by Gasteiger charge is -2.28. The summed E-state index contributed by atoms with van der Waals surface area (Å²) >= 11 is 0. The first-order chi connectivity index (χ1) is 24.8. The van der Waals surface area contributed by atoms with Gasteiger partial charge in [0.15, 0.2) is 11.6 Å². The van der Waals surface area contributed by atoms with Crippen molar-refractivity contribution in [2.75, 3.05) is 19.6 Å². The number of likely N-dealkylation sites (tertiary alicyclic amines) is 1. The SMILES string of the molecule is CC(C)CC(NC(=O)C(CC(=O)[C@H](CC(C)C)NC(=O)[C@H](CCc1ccccc1)CC(=O)CN1CCCCC1)Cc1ccccc1)C(=O)C1(C)CC1. The number of aryl methyl sites for hydroxylation is 1. The lowest BCUT2D eigenvalue weighted by molar-refractivity contribution is -0.135. The summed E-state index contributed by atoms with van der Waals surface area (Å²) in [6.45, 7) is 12.2. The number of nitrogens with zero attached hydrogens (tertiary/aromatic N) is 1. The lowest BCUT2D eigenvalue weighted by Crippen LogP contribution is -2.49. The van der Waals surface area contributed by atoms with Crippen LogP contribution in [-0.4, -0.2) is 65.8 Å². The molecule has 2 N–H and O–H groups in total. The van der Waals surface area contributed by atoms with Gasteiger partial charge in [-0.15, -0.1) is 0 Å². The fourth-order valence-electron chi connectivity index (χ4n) is 7.44. The van der Waals surface area contributed by atoms with Crippen LogP contribution >= 0.6 is 0 Å². The van der Waals surface area contributed by atoms with E-state index in [2.05, 4.69) is 15.5 Å². The van der Waals surface area contributed by atoms with Crippen LogP contribution in [-0.2, 0) is 36.8 Å². The molecule has 1 aliphatic carbocycles. The molecular formula is C44H63N3O5. The summed E-state index contributed by atoms with van der Waals surface area (Å²) in [6, 6.07) is 18.2. The Bertz CT molecular complexity index is 1460. The molecule has 284 valence electrons. The minimum absolute atomic E-state index is 0.0481. The third-order valence-electron chi connectivity index (χ3n) is 10.8. The third-order valence-corrected chi connectivity index (χ3v) is 10.8. The van der Waals surface area contributed by atoms with Crippen LogP contribution < -0.4 is 10.6 Å². The maximum atomic E-state index is 14.2. The monoisotopic (exact) mass is 713 g/mol. The van der Waals surface area contributed by atoms with E-state index in [4.69, 9.17) is 0 Å². The lowest BCUT2D eigenvalue weighted by atomic mass is 9.87. The minimum Gasteiger partial charge on any atom is -0.346 e. The van der Waals surface area contributed by atoms with Crippen molar-refractivity contribution in [3.63, 3.8) is 0 Å². The van der Waals surface area contributed by atoms with E-state index in [-0.39, 0.29) is 53.8 Å². The van der Waals surface area contributed by atoms with Gasteiger partial charge in [0.2, 0.25) is 11.8 Å². The van der Waals surface area contributed by atoms with Gasteiger partial charge in [-0.25, -0.2) is 0 Å². The number of nitrogens with one attached hydrogen (secondary N) is 2. The molecule has 0 bridgehead atoms. The van der Waals surface area contributed by atoms with Crippen LogP contribution in [0.15, 0.2) is 60.7 Å². The molecule has 52 heavy (non-hydrogen) atoms. The highest BCUT2D eigenvalue weighted by atomic mass is 16.2. The van der Waals surface area contributed by atoms with E-state index in [0.29, 0.717) is 38.6 Å². The Balaban J connectivity index is 1.51. The fourth-order valence-corrected chi connectivity index (χ4v) is 7.44. The van der Waals surface area contributed by atoms with Crippen LogP contribution in [0.5, 0.6) is 0 Å². The topological polar surface area (TPSA) is 113 Å². The molecule has 8 nitrogen and oxygen atoms in total. The van der Waals surface area contributed by atoms with E-state index in [1.807, 2.05) is 95.3 Å². The second-order valence-electron chi connectivity index (χ2n) is 16.7. The Morgan fingerprint density at radius 1 is 0.692 bits per heavy atom. The molecule has 2 fully saturated rings. The first-order valence-electron chi connectivity index (χ1n) is 19.8. The molecule has 0 radical (unpaired) electrons. The molecule has 1 aliphatic heterocycles. The number of carbonyl (C=O) groups is 5. The van der Waals surface area contributed by atoms with Crippen molar-refractivity contribution in [2.24, 2.45) is 29.1 Å². The number of hydrogen-bond acceptors (Lipinski definition) is 6. The summed E-state index contributed by atoms with van der Waals surface area (Å²) in [5.41, 5.74) is 1.63. The molecule has 8 heteroatoms. The quantitative estimate of drug-likeness (QED) is 0.137. The first kappa shape index (κ1) is 41.1. The molecule has 4 atom stereocenters. The van der Waals surface area contributed by atoms with Crippen LogP contribution in [0.2, 0.25) is 0 Å². The van der Waals surface area contributed by atoms with Crippen LogP contribution in [0.3, 0.4) is 0 Å². The highest BCUT2D eigenvalue weighted by Gasteiger charge is 2.48. The molecule has 2 unspecified atom stereocenters. The molecule has 2 amide bonds. The summed E-state index contributed by atoms with van der Waals surface area (Å²) in [6.07, 6.45) is 7.51. The van der Waals surface area contributed by atoms with Crippen molar-refractivity contribution in [2.45, 2.75) is 124 Å². The third kappa shape index (κ3) is 13.4. The summed E-state index contributed by atoms with van der Waals surface area (Å²) in [5.74, 6) is -1.66. The molecular weight excluding hydrogens is 651 g/mol. The van der Waals surface area contributed by atoms with Crippen molar-refractivity contribution >= 4 is 29.2 Å². The van der Waals surface area contributed by atoms with Crippen molar-refractivity contribution in [1.82, 2.24) is 15.5 Å². The molecule has 4 rings (SSSR count). The Hall–Kier alpha value is -3.65. The van der Waals surface area contributed by atoms with Gasteiger partial charge in [-0.1, -0.05) is 102 Å². The Kier molecular flexibility index (Phi) is 15.8. The predicted molar refractivity (Wildman–Crippen MR) is 207 cm³/mol. The highest BCUT2D eigenvalue weighted by molar-refractivity contribution is 5.97. The van der Waals surface area contributed by atoms with E-state index in [1.54, 1.807) is 0 Å². The summed E-state index contributed by atoms with van der Waals surface area (Å²) in [5, 5.41) is 6.15. The van der Waals surface area contributed by atoms with Gasteiger partial charge in [0.25, 0.3) is 0 Å². The van der Waals surface area contributed by atoms with Crippen LogP contribution in [0.25, 0.3) is 0 Å². The highest BCUT2D eigenvalue weighted by Crippen LogP contribution is 2.47. The number of piperidine rings is 1. The molecule has 2 aromatic carbocycles. The number of benzene rings is 2. The van der Waals surface area contributed by atoms with Crippen LogP contribution in [0.1, 0.15) is 110 Å². The second-order valence-corrected chi connectivity index (χ2v) is 16.7. The Morgan fingerprint density at radius 3 is 1.81 bits per heavy atom. The van der Waals surface area contributed by atoms with Crippen molar-refractivity contribution in [1.29, 1.82) is 0 Å². The van der Waals surface area contributed by atoms with Gasteiger partial charge in [0.05, 0.1) is 18.6 Å². The van der Waals surface area contributed by atoms with Crippen LogP contribution in [0.4, 0.5) is 0 Å². The number of Topliss-reactive ketones (excluding diaryl/α,β-unsaturated/α-hetero) is 3. The molecule has 2 aromatic rings. The summed E-state index contributed by atoms with van der Waals surface area (Å²) < 4.78 is 0. The summed E-state index contributed by atoms with van der Waals surface area (Å²) in [4.78, 5) is 71.4. The molecule has 1 heterocycles. The van der Waals surface area contributed by atoms with Crippen molar-refractivity contribution in [3.05, 3.63) is 71.8 Å². The number of amides is 2. The zero-order chi connectivity index (χ0) is 37.7. The summed E-state index contributed by atoms with van der Waals surface area (Å²) in [7, 11) is 0. The van der Waals surface area contributed by atoms with Crippen molar-refractivity contribution < 1.29 is 24.0 Å². The predicted octanol–water partition coefficient (Wildman–Crippen LogP) is 6.93. The van der Waals surface area contributed by atoms with E-state index >= 15 is 0 Å². The zero-order valence-electron chi connectivity index (χ0n) is 32.3. The van der Waals surface area contributed by atoms with Gasteiger partial charge in [-0.2, -0.15) is 0 Å². The average molecular weight is 714 g/mol. The van der Waals surface area contributed by atoms with E-state index in [0.717, 1.165) is 49.9 Å². The van der Waals surface area contributed by atoms with Gasteiger partial charge in [0, 0.05) is 30.1 Å². The molecule has 1 saturated heterocycles. The van der Waals surface area contributed by atoms with Gasteiger partial charge < -0.3 is 10.6 Å². The maximum Gasteiger partial charge on any atom is 0.224 e. The molecule has 1 saturated carbocycles. The van der Waals surface area contributed by atoms with E-state index in [1.165, 1.54) is 6.42 Å². The average Bonchev–Trinajstić information content (AvgIpc) is 3.87.